The molecule has 10 heteroatoms. The van der Waals surface area contributed by atoms with Crippen LogP contribution in [0.5, 0.6) is 5.75 Å². The minimum absolute atomic E-state index is 0.245. The molecule has 0 unspecified atom stereocenters. The first-order chi connectivity index (χ1) is 13.5. The summed E-state index contributed by atoms with van der Waals surface area (Å²) >= 11 is 0. The number of carbonyl (C=O) groups excluding carboxylic acids is 2. The molecule has 142 valence electrons. The van der Waals surface area contributed by atoms with Crippen molar-refractivity contribution in [3.05, 3.63) is 61.4 Å². The molecular formula is C18H17N7O3. The Morgan fingerprint density at radius 1 is 1.18 bits per heavy atom. The van der Waals surface area contributed by atoms with Crippen LogP contribution in [-0.2, 0) is 11.8 Å². The summed E-state index contributed by atoms with van der Waals surface area (Å²) in [6.45, 7) is 3.38. The highest BCUT2D eigenvalue weighted by atomic mass is 16.6. The third-order valence-electron chi connectivity index (χ3n) is 3.34. The Morgan fingerprint density at radius 2 is 2.04 bits per heavy atom. The summed E-state index contributed by atoms with van der Waals surface area (Å²) in [6.07, 6.45) is 3.66. The highest BCUT2D eigenvalue weighted by molar-refractivity contribution is 5.99. The maximum absolute atomic E-state index is 12.1. The molecule has 2 heterocycles. The maximum Gasteiger partial charge on any atom is 0.418 e. The standard InChI is InChI=1S/C18H17N7O3/c1-3-16(26)20-12-5-4-6-13(11-12)28-18(27)23-14-7-9-19-17(21-14)22-15-8-10-25(2)24-15/h3-11H,1H2,2H3,(H,20,26)(H2,19,21,22,23,24,27). The number of hydrogen-bond donors (Lipinski definition) is 3. The molecule has 2 aromatic heterocycles. The van der Waals surface area contributed by atoms with Crippen LogP contribution in [0.1, 0.15) is 0 Å². The molecule has 2 amide bonds. The van der Waals surface area contributed by atoms with Crippen molar-refractivity contribution in [3.8, 4) is 5.75 Å². The van der Waals surface area contributed by atoms with Crippen molar-refractivity contribution in [2.45, 2.75) is 0 Å². The molecule has 0 bridgehead atoms. The van der Waals surface area contributed by atoms with Gasteiger partial charge in [0.2, 0.25) is 11.9 Å². The fraction of sp³-hybridized carbons (Fsp3) is 0.0556. The smallest absolute Gasteiger partial charge is 0.410 e. The molecule has 3 rings (SSSR count). The lowest BCUT2D eigenvalue weighted by Crippen LogP contribution is -2.18. The van der Waals surface area contributed by atoms with Gasteiger partial charge in [-0.15, -0.1) is 0 Å². The molecule has 0 saturated carbocycles. The second-order valence-corrected chi connectivity index (χ2v) is 5.50. The topological polar surface area (TPSA) is 123 Å². The zero-order valence-electron chi connectivity index (χ0n) is 14.9. The van der Waals surface area contributed by atoms with E-state index in [4.69, 9.17) is 4.74 Å². The third kappa shape index (κ3) is 5.14. The molecule has 0 fully saturated rings. The van der Waals surface area contributed by atoms with Gasteiger partial charge in [0.15, 0.2) is 5.82 Å². The number of amides is 2. The molecule has 0 saturated heterocycles. The molecule has 0 aliphatic carbocycles. The van der Waals surface area contributed by atoms with Gasteiger partial charge >= 0.3 is 6.09 Å². The van der Waals surface area contributed by atoms with Crippen molar-refractivity contribution in [2.75, 3.05) is 16.0 Å². The number of ether oxygens (including phenoxy) is 1. The number of rotatable bonds is 6. The number of anilines is 4. The summed E-state index contributed by atoms with van der Waals surface area (Å²) in [5.41, 5.74) is 0.471. The fourth-order valence-electron chi connectivity index (χ4n) is 2.15. The van der Waals surface area contributed by atoms with Crippen LogP contribution >= 0.6 is 0 Å². The van der Waals surface area contributed by atoms with Crippen molar-refractivity contribution < 1.29 is 14.3 Å². The minimum atomic E-state index is -0.741. The van der Waals surface area contributed by atoms with E-state index >= 15 is 0 Å². The molecule has 0 aliphatic rings. The molecule has 0 aliphatic heterocycles. The first-order valence-corrected chi connectivity index (χ1v) is 8.14. The van der Waals surface area contributed by atoms with Crippen LogP contribution in [-0.4, -0.2) is 31.7 Å². The van der Waals surface area contributed by atoms with E-state index in [0.717, 1.165) is 6.08 Å². The van der Waals surface area contributed by atoms with Crippen molar-refractivity contribution in [3.63, 3.8) is 0 Å². The first kappa shape index (κ1) is 18.6. The number of nitrogens with zero attached hydrogens (tertiary/aromatic N) is 4. The zero-order chi connectivity index (χ0) is 19.9. The average molecular weight is 379 g/mol. The highest BCUT2D eigenvalue weighted by Crippen LogP contribution is 2.18. The van der Waals surface area contributed by atoms with Crippen molar-refractivity contribution in [1.29, 1.82) is 0 Å². The number of carbonyl (C=O) groups is 2. The average Bonchev–Trinajstić information content (AvgIpc) is 3.06. The lowest BCUT2D eigenvalue weighted by atomic mass is 10.3. The van der Waals surface area contributed by atoms with E-state index in [9.17, 15) is 9.59 Å². The summed E-state index contributed by atoms with van der Waals surface area (Å²) in [4.78, 5) is 31.7. The quantitative estimate of drug-likeness (QED) is 0.563. The van der Waals surface area contributed by atoms with Gasteiger partial charge in [0.25, 0.3) is 0 Å². The number of hydrogen-bond acceptors (Lipinski definition) is 7. The van der Waals surface area contributed by atoms with Crippen molar-refractivity contribution in [1.82, 2.24) is 19.7 Å². The van der Waals surface area contributed by atoms with E-state index in [-0.39, 0.29) is 23.4 Å². The molecule has 0 spiro atoms. The predicted octanol–water partition coefficient (Wildman–Crippen LogP) is 2.69. The molecule has 1 aromatic carbocycles. The highest BCUT2D eigenvalue weighted by Gasteiger charge is 2.09. The largest absolute Gasteiger partial charge is 0.418 e. The van der Waals surface area contributed by atoms with Crippen LogP contribution < -0.4 is 20.7 Å². The van der Waals surface area contributed by atoms with Crippen molar-refractivity contribution in [2.24, 2.45) is 7.05 Å². The van der Waals surface area contributed by atoms with Gasteiger partial charge in [0, 0.05) is 37.3 Å². The van der Waals surface area contributed by atoms with Crippen LogP contribution in [0.25, 0.3) is 0 Å². The Hall–Kier alpha value is -4.21. The molecular weight excluding hydrogens is 362 g/mol. The van der Waals surface area contributed by atoms with Gasteiger partial charge in [0.1, 0.15) is 11.6 Å². The van der Waals surface area contributed by atoms with E-state index in [0.29, 0.717) is 11.5 Å². The lowest BCUT2D eigenvalue weighted by molar-refractivity contribution is -0.111. The number of nitrogens with one attached hydrogen (secondary N) is 3. The Balaban J connectivity index is 1.62. The van der Waals surface area contributed by atoms with Crippen LogP contribution in [0.2, 0.25) is 0 Å². The van der Waals surface area contributed by atoms with Crippen molar-refractivity contribution >= 4 is 35.3 Å². The minimum Gasteiger partial charge on any atom is -0.410 e. The van der Waals surface area contributed by atoms with E-state index in [1.54, 1.807) is 42.2 Å². The summed E-state index contributed by atoms with van der Waals surface area (Å²) in [7, 11) is 1.79. The van der Waals surface area contributed by atoms with E-state index in [2.05, 4.69) is 37.6 Å². The Kier molecular flexibility index (Phi) is 5.60. The molecule has 10 nitrogen and oxygen atoms in total. The predicted molar refractivity (Wildman–Crippen MR) is 103 cm³/mol. The molecule has 28 heavy (non-hydrogen) atoms. The molecule has 0 atom stereocenters. The van der Waals surface area contributed by atoms with Gasteiger partial charge < -0.3 is 15.4 Å². The van der Waals surface area contributed by atoms with Gasteiger partial charge in [-0.25, -0.2) is 9.78 Å². The summed E-state index contributed by atoms with van der Waals surface area (Å²) < 4.78 is 6.84. The Bertz CT molecular complexity index is 1020. The molecule has 3 aromatic rings. The Morgan fingerprint density at radius 3 is 2.79 bits per heavy atom. The van der Waals surface area contributed by atoms with Crippen LogP contribution in [0.4, 0.5) is 28.1 Å². The Labute approximate surface area is 160 Å². The van der Waals surface area contributed by atoms with Gasteiger partial charge in [0.05, 0.1) is 0 Å². The first-order valence-electron chi connectivity index (χ1n) is 8.14. The van der Waals surface area contributed by atoms with E-state index < -0.39 is 6.09 Å². The summed E-state index contributed by atoms with van der Waals surface area (Å²) in [6, 6.07) is 9.67. The number of aryl methyl sites for hydroxylation is 1. The fourth-order valence-corrected chi connectivity index (χ4v) is 2.15. The van der Waals surface area contributed by atoms with Gasteiger partial charge in [-0.3, -0.25) is 14.8 Å². The monoisotopic (exact) mass is 379 g/mol. The lowest BCUT2D eigenvalue weighted by Gasteiger charge is -2.08. The third-order valence-corrected chi connectivity index (χ3v) is 3.34. The van der Waals surface area contributed by atoms with Crippen LogP contribution in [0.15, 0.2) is 61.4 Å². The SMILES string of the molecule is C=CC(=O)Nc1cccc(OC(=O)Nc2ccnc(Nc3ccn(C)n3)n2)c1. The molecule has 3 N–H and O–H groups in total. The van der Waals surface area contributed by atoms with Crippen LogP contribution in [0, 0.1) is 0 Å². The number of benzene rings is 1. The van der Waals surface area contributed by atoms with Gasteiger partial charge in [-0.2, -0.15) is 10.1 Å². The summed E-state index contributed by atoms with van der Waals surface area (Å²) in [5.74, 6) is 0.969. The second kappa shape index (κ2) is 8.45. The molecule has 0 radical (unpaired) electrons. The number of aromatic nitrogens is 4. The van der Waals surface area contributed by atoms with E-state index in [1.807, 2.05) is 0 Å². The van der Waals surface area contributed by atoms with Gasteiger partial charge in [-0.05, 0) is 24.3 Å². The van der Waals surface area contributed by atoms with Gasteiger partial charge in [-0.1, -0.05) is 12.6 Å². The normalized spacial score (nSPS) is 10.0. The zero-order valence-corrected chi connectivity index (χ0v) is 14.9. The van der Waals surface area contributed by atoms with Crippen LogP contribution in [0.3, 0.4) is 0 Å². The maximum atomic E-state index is 12.1. The second-order valence-electron chi connectivity index (χ2n) is 5.50. The van der Waals surface area contributed by atoms with E-state index in [1.165, 1.54) is 18.3 Å². The summed E-state index contributed by atoms with van der Waals surface area (Å²) in [5, 5.41) is 12.2.